The van der Waals surface area contributed by atoms with Crippen LogP contribution in [0.1, 0.15) is 13.8 Å². The molecule has 11 heteroatoms. The largest absolute Gasteiger partial charge is 0.492 e. The molecule has 3 aromatic rings. The molecule has 0 aliphatic carbocycles. The Hall–Kier alpha value is -2.00. The summed E-state index contributed by atoms with van der Waals surface area (Å²) in [6.07, 6.45) is 0. The van der Waals surface area contributed by atoms with Gasteiger partial charge in [0.15, 0.2) is 0 Å². The van der Waals surface area contributed by atoms with Gasteiger partial charge in [-0.05, 0) is 48.5 Å². The molecule has 1 aromatic heterocycles. The smallest absolute Gasteiger partial charge is 0.237 e. The van der Waals surface area contributed by atoms with Crippen LogP contribution in [0.3, 0.4) is 0 Å². The molecular weight excluding hydrogens is 457 g/mol. The van der Waals surface area contributed by atoms with Crippen LogP contribution < -0.4 is 10.1 Å². The highest BCUT2D eigenvalue weighted by molar-refractivity contribution is 8.00. The van der Waals surface area contributed by atoms with Gasteiger partial charge in [0.25, 0.3) is 0 Å². The fraction of sp³-hybridized carbons (Fsp3) is 0.222. The van der Waals surface area contributed by atoms with E-state index in [1.54, 1.807) is 6.92 Å². The van der Waals surface area contributed by atoms with Crippen molar-refractivity contribution in [1.82, 2.24) is 20.2 Å². The summed E-state index contributed by atoms with van der Waals surface area (Å²) >= 11 is 19.4. The maximum atomic E-state index is 12.7. The summed E-state index contributed by atoms with van der Waals surface area (Å²) in [7, 11) is 0. The normalized spacial score (nSPS) is 11.9. The molecule has 0 aliphatic rings. The summed E-state index contributed by atoms with van der Waals surface area (Å²) in [5.74, 6) is 0.328. The Morgan fingerprint density at radius 3 is 2.62 bits per heavy atom. The number of amides is 1. The zero-order valence-corrected chi connectivity index (χ0v) is 18.5. The highest BCUT2D eigenvalue weighted by Crippen LogP contribution is 2.35. The van der Waals surface area contributed by atoms with Crippen LogP contribution in [0.25, 0.3) is 5.69 Å². The van der Waals surface area contributed by atoms with E-state index >= 15 is 0 Å². The van der Waals surface area contributed by atoms with Gasteiger partial charge in [0.2, 0.25) is 11.1 Å². The standard InChI is InChI=1S/C18H16Cl3N5O2S/c1-3-28-15-7-5-4-6-14(15)26-18(23-24-25-26)29-10(2)17(27)22-16-12(20)8-11(19)9-13(16)21/h4-10H,3H2,1-2H3,(H,22,27). The maximum Gasteiger partial charge on any atom is 0.237 e. The molecule has 1 amide bonds. The predicted molar refractivity (Wildman–Crippen MR) is 116 cm³/mol. The van der Waals surface area contributed by atoms with Crippen molar-refractivity contribution in [2.45, 2.75) is 24.3 Å². The van der Waals surface area contributed by atoms with E-state index in [9.17, 15) is 4.79 Å². The molecule has 0 fully saturated rings. The Morgan fingerprint density at radius 1 is 1.24 bits per heavy atom. The van der Waals surface area contributed by atoms with Gasteiger partial charge in [-0.2, -0.15) is 4.68 Å². The highest BCUT2D eigenvalue weighted by Gasteiger charge is 2.22. The maximum absolute atomic E-state index is 12.7. The van der Waals surface area contributed by atoms with Crippen LogP contribution in [0.2, 0.25) is 15.1 Å². The molecule has 0 saturated heterocycles. The lowest BCUT2D eigenvalue weighted by molar-refractivity contribution is -0.115. The zero-order valence-electron chi connectivity index (χ0n) is 15.4. The van der Waals surface area contributed by atoms with Crippen LogP contribution in [0.5, 0.6) is 5.75 Å². The van der Waals surface area contributed by atoms with Gasteiger partial charge >= 0.3 is 0 Å². The lowest BCUT2D eigenvalue weighted by Crippen LogP contribution is -2.23. The summed E-state index contributed by atoms with van der Waals surface area (Å²) in [4.78, 5) is 12.7. The van der Waals surface area contributed by atoms with Crippen molar-refractivity contribution in [3.63, 3.8) is 0 Å². The topological polar surface area (TPSA) is 81.9 Å². The highest BCUT2D eigenvalue weighted by atomic mass is 35.5. The number of benzene rings is 2. The van der Waals surface area contributed by atoms with Crippen molar-refractivity contribution in [2.24, 2.45) is 0 Å². The summed E-state index contributed by atoms with van der Waals surface area (Å²) in [5, 5.41) is 15.3. The number of hydrogen-bond donors (Lipinski definition) is 1. The average Bonchev–Trinajstić information content (AvgIpc) is 3.13. The van der Waals surface area contributed by atoms with Crippen molar-refractivity contribution in [3.05, 3.63) is 51.5 Å². The summed E-state index contributed by atoms with van der Waals surface area (Å²) < 4.78 is 7.17. The molecule has 3 rings (SSSR count). The van der Waals surface area contributed by atoms with Gasteiger partial charge in [0, 0.05) is 5.02 Å². The average molecular weight is 473 g/mol. The Balaban J connectivity index is 1.78. The van der Waals surface area contributed by atoms with E-state index in [1.165, 1.54) is 28.6 Å². The van der Waals surface area contributed by atoms with Gasteiger partial charge in [-0.1, -0.05) is 58.7 Å². The minimum Gasteiger partial charge on any atom is -0.492 e. The number of nitrogens with zero attached hydrogens (tertiary/aromatic N) is 4. The number of carbonyl (C=O) groups is 1. The number of tetrazole rings is 1. The number of thioether (sulfide) groups is 1. The second-order valence-electron chi connectivity index (χ2n) is 5.77. The quantitative estimate of drug-likeness (QED) is 0.479. The van der Waals surface area contributed by atoms with Gasteiger partial charge in [0.05, 0.1) is 27.6 Å². The number of hydrogen-bond acceptors (Lipinski definition) is 6. The number of nitrogens with one attached hydrogen (secondary N) is 1. The van der Waals surface area contributed by atoms with Gasteiger partial charge in [0.1, 0.15) is 11.4 Å². The van der Waals surface area contributed by atoms with E-state index in [0.717, 1.165) is 0 Å². The van der Waals surface area contributed by atoms with E-state index < -0.39 is 5.25 Å². The molecule has 0 radical (unpaired) electrons. The fourth-order valence-corrected chi connectivity index (χ4v) is 4.12. The molecule has 1 heterocycles. The number of anilines is 1. The second-order valence-corrected chi connectivity index (χ2v) is 8.33. The molecule has 0 bridgehead atoms. The van der Waals surface area contributed by atoms with E-state index in [4.69, 9.17) is 39.5 Å². The number of aromatic nitrogens is 4. The third-order valence-corrected chi connectivity index (χ3v) is 5.59. The first-order valence-electron chi connectivity index (χ1n) is 8.53. The van der Waals surface area contributed by atoms with Crippen LogP contribution in [-0.2, 0) is 4.79 Å². The molecule has 1 unspecified atom stereocenters. The Morgan fingerprint density at radius 2 is 1.93 bits per heavy atom. The summed E-state index contributed by atoms with van der Waals surface area (Å²) in [6, 6.07) is 10.4. The van der Waals surface area contributed by atoms with Crippen LogP contribution in [0, 0.1) is 0 Å². The molecular formula is C18H16Cl3N5O2S. The molecule has 0 spiro atoms. The number of rotatable bonds is 7. The third kappa shape index (κ3) is 5.14. The van der Waals surface area contributed by atoms with Crippen molar-refractivity contribution >= 4 is 58.2 Å². The van der Waals surface area contributed by atoms with E-state index in [-0.39, 0.29) is 16.0 Å². The number of para-hydroxylation sites is 2. The minimum absolute atomic E-state index is 0.253. The van der Waals surface area contributed by atoms with Crippen molar-refractivity contribution in [1.29, 1.82) is 0 Å². The van der Waals surface area contributed by atoms with Crippen LogP contribution in [0.15, 0.2) is 41.6 Å². The summed E-state index contributed by atoms with van der Waals surface area (Å²) in [6.45, 7) is 4.12. The number of ether oxygens (including phenoxy) is 1. The first-order valence-corrected chi connectivity index (χ1v) is 10.5. The van der Waals surface area contributed by atoms with Crippen molar-refractivity contribution < 1.29 is 9.53 Å². The molecule has 29 heavy (non-hydrogen) atoms. The van der Waals surface area contributed by atoms with Crippen molar-refractivity contribution in [2.75, 3.05) is 11.9 Å². The molecule has 0 aliphatic heterocycles. The van der Waals surface area contributed by atoms with Crippen LogP contribution >= 0.6 is 46.6 Å². The number of halogens is 3. The van der Waals surface area contributed by atoms with Crippen LogP contribution in [-0.4, -0.2) is 38.0 Å². The Bertz CT molecular complexity index is 1010. The lowest BCUT2D eigenvalue weighted by atomic mass is 10.3. The monoisotopic (exact) mass is 471 g/mol. The molecule has 152 valence electrons. The molecule has 2 aromatic carbocycles. The van der Waals surface area contributed by atoms with Gasteiger partial charge in [-0.15, -0.1) is 5.10 Å². The van der Waals surface area contributed by atoms with E-state index in [1.807, 2.05) is 31.2 Å². The predicted octanol–water partition coefficient (Wildman–Crippen LogP) is 5.14. The minimum atomic E-state index is -0.540. The molecule has 1 N–H and O–H groups in total. The molecule has 7 nitrogen and oxygen atoms in total. The Kier molecular flexibility index (Phi) is 7.23. The van der Waals surface area contributed by atoms with Crippen molar-refractivity contribution in [3.8, 4) is 11.4 Å². The molecule has 1 atom stereocenters. The first-order chi connectivity index (χ1) is 13.9. The molecule has 0 saturated carbocycles. The third-order valence-electron chi connectivity index (χ3n) is 3.74. The lowest BCUT2D eigenvalue weighted by Gasteiger charge is -2.15. The van der Waals surface area contributed by atoms with Gasteiger partial charge in [-0.25, -0.2) is 0 Å². The summed E-state index contributed by atoms with van der Waals surface area (Å²) in [5.41, 5.74) is 0.981. The number of carbonyl (C=O) groups excluding carboxylic acids is 1. The SMILES string of the molecule is CCOc1ccccc1-n1nnnc1SC(C)C(=O)Nc1c(Cl)cc(Cl)cc1Cl. The zero-order chi connectivity index (χ0) is 21.0. The van der Waals surface area contributed by atoms with E-state index in [0.29, 0.717) is 33.9 Å². The first kappa shape index (κ1) is 21.7. The van der Waals surface area contributed by atoms with Crippen LogP contribution in [0.4, 0.5) is 5.69 Å². The fourth-order valence-electron chi connectivity index (χ4n) is 2.41. The van der Waals surface area contributed by atoms with E-state index in [2.05, 4.69) is 20.8 Å². The second kappa shape index (κ2) is 9.67. The Labute approximate surface area is 186 Å². The van der Waals surface area contributed by atoms with Gasteiger partial charge in [-0.3, -0.25) is 4.79 Å². The van der Waals surface area contributed by atoms with Gasteiger partial charge < -0.3 is 10.1 Å².